The van der Waals surface area contributed by atoms with E-state index in [1.54, 1.807) is 18.2 Å². The van der Waals surface area contributed by atoms with Gasteiger partial charge in [0.25, 0.3) is 0 Å². The van der Waals surface area contributed by atoms with Gasteiger partial charge in [-0.1, -0.05) is 35.3 Å². The Labute approximate surface area is 135 Å². The van der Waals surface area contributed by atoms with Gasteiger partial charge in [0.05, 0.1) is 6.10 Å². The van der Waals surface area contributed by atoms with Crippen molar-refractivity contribution in [3.05, 3.63) is 61.6 Å². The highest BCUT2D eigenvalue weighted by Gasteiger charge is 2.12. The number of hydrogen-bond acceptors (Lipinski definition) is 2. The van der Waals surface area contributed by atoms with E-state index in [0.29, 0.717) is 22.2 Å². The first kappa shape index (κ1) is 14.9. The molecule has 0 spiro atoms. The Kier molecular flexibility index (Phi) is 5.33. The fraction of sp³-hybridized carbons (Fsp3) is 0.143. The summed E-state index contributed by atoms with van der Waals surface area (Å²) in [6.45, 7) is 0.375. The van der Waals surface area contributed by atoms with E-state index < -0.39 is 6.10 Å². The normalized spacial score (nSPS) is 12.2. The molecule has 0 aliphatic rings. The zero-order valence-electron chi connectivity index (χ0n) is 9.91. The fourth-order valence-electron chi connectivity index (χ4n) is 1.69. The van der Waals surface area contributed by atoms with Gasteiger partial charge in [-0.2, -0.15) is 0 Å². The van der Waals surface area contributed by atoms with Crippen molar-refractivity contribution >= 4 is 51.5 Å². The molecule has 0 bridgehead atoms. The summed E-state index contributed by atoms with van der Waals surface area (Å²) in [5.41, 5.74) is 1.62. The van der Waals surface area contributed by atoms with Crippen LogP contribution in [-0.2, 0) is 0 Å². The van der Waals surface area contributed by atoms with Gasteiger partial charge in [-0.3, -0.25) is 0 Å². The maximum atomic E-state index is 10.2. The third-order valence-electron chi connectivity index (χ3n) is 2.68. The number of rotatable bonds is 4. The lowest BCUT2D eigenvalue weighted by Gasteiger charge is -2.15. The quantitative estimate of drug-likeness (QED) is 0.717. The molecule has 5 heteroatoms. The number of benzene rings is 2. The second-order valence-corrected chi connectivity index (χ2v) is 6.05. The van der Waals surface area contributed by atoms with Crippen LogP contribution in [0.3, 0.4) is 0 Å². The molecule has 2 N–H and O–H groups in total. The standard InChI is InChI=1S/C14H12Cl2INO/c15-9-5-6-11(16)10(7-9)14(19)8-18-13-4-2-1-3-12(13)17/h1-7,14,18-19H,8H2. The van der Waals surface area contributed by atoms with Crippen LogP contribution in [0.1, 0.15) is 11.7 Å². The summed E-state index contributed by atoms with van der Waals surface area (Å²) >= 11 is 14.2. The van der Waals surface area contributed by atoms with Crippen molar-refractivity contribution in [3.63, 3.8) is 0 Å². The van der Waals surface area contributed by atoms with Crippen LogP contribution in [0.4, 0.5) is 5.69 Å². The van der Waals surface area contributed by atoms with Crippen molar-refractivity contribution in [1.82, 2.24) is 0 Å². The lowest BCUT2D eigenvalue weighted by molar-refractivity contribution is 0.191. The largest absolute Gasteiger partial charge is 0.387 e. The van der Waals surface area contributed by atoms with Crippen molar-refractivity contribution in [2.24, 2.45) is 0 Å². The van der Waals surface area contributed by atoms with Gasteiger partial charge in [0.15, 0.2) is 0 Å². The molecule has 100 valence electrons. The number of aliphatic hydroxyl groups excluding tert-OH is 1. The van der Waals surface area contributed by atoms with Gasteiger partial charge in [0.2, 0.25) is 0 Å². The Hall–Kier alpha value is -0.490. The molecule has 2 aromatic carbocycles. The number of anilines is 1. The van der Waals surface area contributed by atoms with E-state index in [2.05, 4.69) is 27.9 Å². The molecule has 0 heterocycles. The molecule has 2 nitrogen and oxygen atoms in total. The summed E-state index contributed by atoms with van der Waals surface area (Å²) in [6, 6.07) is 13.0. The third kappa shape index (κ3) is 3.99. The van der Waals surface area contributed by atoms with Crippen molar-refractivity contribution in [3.8, 4) is 0 Å². The van der Waals surface area contributed by atoms with Crippen LogP contribution in [0.5, 0.6) is 0 Å². The fourth-order valence-corrected chi connectivity index (χ4v) is 2.69. The monoisotopic (exact) mass is 407 g/mol. The lowest BCUT2D eigenvalue weighted by Crippen LogP contribution is -2.13. The van der Waals surface area contributed by atoms with Gasteiger partial charge in [-0.15, -0.1) is 0 Å². The minimum atomic E-state index is -0.706. The molecule has 0 amide bonds. The molecule has 2 rings (SSSR count). The zero-order valence-corrected chi connectivity index (χ0v) is 13.6. The Morgan fingerprint density at radius 2 is 1.89 bits per heavy atom. The number of halogens is 3. The second kappa shape index (κ2) is 6.79. The van der Waals surface area contributed by atoms with Gasteiger partial charge in [0, 0.05) is 31.4 Å². The molecular formula is C14H12Cl2INO. The molecule has 0 aliphatic carbocycles. The van der Waals surface area contributed by atoms with E-state index >= 15 is 0 Å². The average Bonchev–Trinajstić information content (AvgIpc) is 2.40. The molecule has 2 aromatic rings. The summed E-state index contributed by atoms with van der Waals surface area (Å²) < 4.78 is 1.10. The van der Waals surface area contributed by atoms with Crippen LogP contribution >= 0.6 is 45.8 Å². The maximum Gasteiger partial charge on any atom is 0.0977 e. The van der Waals surface area contributed by atoms with Crippen molar-refractivity contribution in [1.29, 1.82) is 0 Å². The van der Waals surface area contributed by atoms with E-state index in [4.69, 9.17) is 23.2 Å². The average molecular weight is 408 g/mol. The SMILES string of the molecule is OC(CNc1ccccc1I)c1cc(Cl)ccc1Cl. The van der Waals surface area contributed by atoms with E-state index in [0.717, 1.165) is 9.26 Å². The van der Waals surface area contributed by atoms with Crippen LogP contribution < -0.4 is 5.32 Å². The van der Waals surface area contributed by atoms with Gasteiger partial charge in [0.1, 0.15) is 0 Å². The molecule has 0 saturated carbocycles. The first-order valence-corrected chi connectivity index (χ1v) is 7.53. The van der Waals surface area contributed by atoms with Gasteiger partial charge < -0.3 is 10.4 Å². The highest BCUT2D eigenvalue weighted by atomic mass is 127. The highest BCUT2D eigenvalue weighted by Crippen LogP contribution is 2.27. The Morgan fingerprint density at radius 3 is 2.63 bits per heavy atom. The van der Waals surface area contributed by atoms with Crippen molar-refractivity contribution < 1.29 is 5.11 Å². The predicted octanol–water partition coefficient (Wildman–Crippen LogP) is 4.74. The molecular weight excluding hydrogens is 396 g/mol. The summed E-state index contributed by atoms with van der Waals surface area (Å²) in [6.07, 6.45) is -0.706. The van der Waals surface area contributed by atoms with Crippen LogP contribution in [0.25, 0.3) is 0 Å². The van der Waals surface area contributed by atoms with E-state index in [1.165, 1.54) is 0 Å². The Balaban J connectivity index is 2.07. The summed E-state index contributed by atoms with van der Waals surface area (Å²) in [4.78, 5) is 0. The summed E-state index contributed by atoms with van der Waals surface area (Å²) in [7, 11) is 0. The minimum absolute atomic E-state index is 0.375. The van der Waals surface area contributed by atoms with Crippen molar-refractivity contribution in [2.75, 3.05) is 11.9 Å². The number of aliphatic hydroxyl groups is 1. The summed E-state index contributed by atoms with van der Waals surface area (Å²) in [5.74, 6) is 0. The van der Waals surface area contributed by atoms with E-state index in [-0.39, 0.29) is 0 Å². The summed E-state index contributed by atoms with van der Waals surface area (Å²) in [5, 5.41) is 14.4. The molecule has 1 atom stereocenters. The topological polar surface area (TPSA) is 32.3 Å². The van der Waals surface area contributed by atoms with Crippen molar-refractivity contribution in [2.45, 2.75) is 6.10 Å². The molecule has 0 aromatic heterocycles. The van der Waals surface area contributed by atoms with Gasteiger partial charge in [-0.05, 0) is 52.9 Å². The first-order chi connectivity index (χ1) is 9.08. The number of para-hydroxylation sites is 1. The second-order valence-electron chi connectivity index (χ2n) is 4.04. The molecule has 1 unspecified atom stereocenters. The number of nitrogens with one attached hydrogen (secondary N) is 1. The lowest BCUT2D eigenvalue weighted by atomic mass is 10.1. The van der Waals surface area contributed by atoms with Gasteiger partial charge in [-0.25, -0.2) is 0 Å². The maximum absolute atomic E-state index is 10.2. The molecule has 0 saturated heterocycles. The highest BCUT2D eigenvalue weighted by molar-refractivity contribution is 14.1. The minimum Gasteiger partial charge on any atom is -0.387 e. The predicted molar refractivity (Wildman–Crippen MR) is 89.1 cm³/mol. The molecule has 0 radical (unpaired) electrons. The Bertz CT molecular complexity index is 577. The van der Waals surface area contributed by atoms with Crippen LogP contribution in [-0.4, -0.2) is 11.7 Å². The van der Waals surface area contributed by atoms with E-state index in [1.807, 2.05) is 24.3 Å². The third-order valence-corrected chi connectivity index (χ3v) is 4.20. The van der Waals surface area contributed by atoms with Crippen LogP contribution in [0, 0.1) is 3.57 Å². The molecule has 0 aliphatic heterocycles. The molecule has 0 fully saturated rings. The zero-order chi connectivity index (χ0) is 13.8. The number of hydrogen-bond donors (Lipinski definition) is 2. The Morgan fingerprint density at radius 1 is 1.16 bits per heavy atom. The van der Waals surface area contributed by atoms with Gasteiger partial charge >= 0.3 is 0 Å². The van der Waals surface area contributed by atoms with Crippen LogP contribution in [0.15, 0.2) is 42.5 Å². The first-order valence-electron chi connectivity index (χ1n) is 5.69. The van der Waals surface area contributed by atoms with Crippen LogP contribution in [0.2, 0.25) is 10.0 Å². The van der Waals surface area contributed by atoms with E-state index in [9.17, 15) is 5.11 Å². The smallest absolute Gasteiger partial charge is 0.0977 e. The molecule has 19 heavy (non-hydrogen) atoms.